The third kappa shape index (κ3) is 9.88. The Morgan fingerprint density at radius 3 is 2.36 bits per heavy atom. The van der Waals surface area contributed by atoms with Crippen LogP contribution in [0.15, 0.2) is 42.5 Å². The van der Waals surface area contributed by atoms with Crippen molar-refractivity contribution in [1.82, 2.24) is 10.2 Å². The summed E-state index contributed by atoms with van der Waals surface area (Å²) >= 11 is 12.3. The molecule has 2 aromatic rings. The Morgan fingerprint density at radius 1 is 1.08 bits per heavy atom. The number of amides is 2. The number of hydrogen-bond acceptors (Lipinski definition) is 4. The van der Waals surface area contributed by atoms with E-state index in [2.05, 4.69) is 5.32 Å². The van der Waals surface area contributed by atoms with Crippen LogP contribution in [-0.4, -0.2) is 50.5 Å². The number of unbranched alkanes of at least 4 members (excludes halogenated alkanes) is 1. The number of rotatable bonds is 13. The van der Waals surface area contributed by atoms with Crippen molar-refractivity contribution < 1.29 is 31.2 Å². The summed E-state index contributed by atoms with van der Waals surface area (Å²) in [6.45, 7) is 3.77. The van der Waals surface area contributed by atoms with Gasteiger partial charge in [-0.3, -0.25) is 13.9 Å². The maximum absolute atomic E-state index is 13.3. The zero-order valence-electron chi connectivity index (χ0n) is 21.9. The van der Waals surface area contributed by atoms with E-state index in [0.29, 0.717) is 22.2 Å². The highest BCUT2D eigenvalue weighted by Crippen LogP contribution is 2.32. The van der Waals surface area contributed by atoms with Crippen LogP contribution in [-0.2, 0) is 32.3 Å². The molecule has 216 valence electrons. The molecule has 2 rings (SSSR count). The molecule has 0 heterocycles. The number of alkyl halides is 3. The standard InChI is InChI=1S/C26H32Cl2F3N3O4S/c1-4-5-13-32-25(36)18(2)33(17-19-11-12-21(27)16-23(19)28)24(35)10-7-14-34(39(3,37)38)22-9-6-8-20(15-22)26(29,30)31/h6,8-9,11-12,15-16,18H,4-5,7,10,13-14,17H2,1-3H3,(H,32,36). The number of nitrogens with one attached hydrogen (secondary N) is 1. The molecule has 0 spiro atoms. The molecular weight excluding hydrogens is 578 g/mol. The van der Waals surface area contributed by atoms with Gasteiger partial charge in [-0.15, -0.1) is 0 Å². The monoisotopic (exact) mass is 609 g/mol. The van der Waals surface area contributed by atoms with Crippen LogP contribution in [0.25, 0.3) is 0 Å². The first-order chi connectivity index (χ1) is 18.1. The zero-order valence-corrected chi connectivity index (χ0v) is 24.2. The Kier molecular flexibility index (Phi) is 11.9. The van der Waals surface area contributed by atoms with Gasteiger partial charge in [-0.1, -0.05) is 48.7 Å². The molecule has 39 heavy (non-hydrogen) atoms. The summed E-state index contributed by atoms with van der Waals surface area (Å²) in [6, 6.07) is 7.89. The Balaban J connectivity index is 2.23. The van der Waals surface area contributed by atoms with Crippen molar-refractivity contribution in [3.8, 4) is 0 Å². The summed E-state index contributed by atoms with van der Waals surface area (Å²) in [4.78, 5) is 27.4. The predicted octanol–water partition coefficient (Wildman–Crippen LogP) is 5.89. The summed E-state index contributed by atoms with van der Waals surface area (Å²) in [6.07, 6.45) is -2.29. The minimum Gasteiger partial charge on any atom is -0.354 e. The number of nitrogens with zero attached hydrogens (tertiary/aromatic N) is 2. The first kappa shape index (κ1) is 32.7. The fraction of sp³-hybridized carbons (Fsp3) is 0.462. The van der Waals surface area contributed by atoms with E-state index in [0.717, 1.165) is 41.6 Å². The quantitative estimate of drug-likeness (QED) is 0.287. The molecule has 0 fully saturated rings. The van der Waals surface area contributed by atoms with Gasteiger partial charge in [-0.05, 0) is 55.7 Å². The van der Waals surface area contributed by atoms with E-state index in [9.17, 15) is 31.2 Å². The van der Waals surface area contributed by atoms with Crippen LogP contribution in [0.4, 0.5) is 18.9 Å². The molecule has 1 unspecified atom stereocenters. The van der Waals surface area contributed by atoms with Crippen LogP contribution in [0.5, 0.6) is 0 Å². The Labute approximate surface area is 237 Å². The van der Waals surface area contributed by atoms with Crippen molar-refractivity contribution in [3.05, 3.63) is 63.6 Å². The Bertz CT molecular complexity index is 1260. The highest BCUT2D eigenvalue weighted by atomic mass is 35.5. The van der Waals surface area contributed by atoms with E-state index in [1.54, 1.807) is 19.1 Å². The second kappa shape index (κ2) is 14.2. The number of benzene rings is 2. The van der Waals surface area contributed by atoms with Gasteiger partial charge in [0.15, 0.2) is 0 Å². The largest absolute Gasteiger partial charge is 0.416 e. The minimum atomic E-state index is -4.65. The SMILES string of the molecule is CCCCNC(=O)C(C)N(Cc1ccc(Cl)cc1Cl)C(=O)CCCN(c1cccc(C(F)(F)F)c1)S(C)(=O)=O. The second-order valence-corrected chi connectivity index (χ2v) is 11.8. The topological polar surface area (TPSA) is 86.8 Å². The lowest BCUT2D eigenvalue weighted by molar-refractivity contribution is -0.140. The molecule has 2 aromatic carbocycles. The molecule has 0 bridgehead atoms. The van der Waals surface area contributed by atoms with E-state index >= 15 is 0 Å². The number of sulfonamides is 1. The molecule has 13 heteroatoms. The van der Waals surface area contributed by atoms with Crippen LogP contribution in [0.2, 0.25) is 10.0 Å². The summed E-state index contributed by atoms with van der Waals surface area (Å²) in [5, 5.41) is 3.51. The number of carbonyl (C=O) groups excluding carboxylic acids is 2. The minimum absolute atomic E-state index is 0.000614. The van der Waals surface area contributed by atoms with Crippen LogP contribution >= 0.6 is 23.2 Å². The van der Waals surface area contributed by atoms with E-state index in [1.807, 2.05) is 6.92 Å². The molecule has 1 N–H and O–H groups in total. The van der Waals surface area contributed by atoms with Gasteiger partial charge in [0.1, 0.15) is 6.04 Å². The Morgan fingerprint density at radius 2 is 1.77 bits per heavy atom. The van der Waals surface area contributed by atoms with Crippen molar-refractivity contribution in [2.45, 2.75) is 58.3 Å². The van der Waals surface area contributed by atoms with Crippen LogP contribution in [0.1, 0.15) is 50.7 Å². The fourth-order valence-corrected chi connectivity index (χ4v) is 5.22. The molecule has 0 aromatic heterocycles. The Hall–Kier alpha value is -2.50. The molecule has 0 aliphatic rings. The van der Waals surface area contributed by atoms with E-state index < -0.39 is 33.7 Å². The fourth-order valence-electron chi connectivity index (χ4n) is 3.79. The molecule has 0 aliphatic heterocycles. The molecular formula is C26H32Cl2F3N3O4S. The van der Waals surface area contributed by atoms with Gasteiger partial charge in [0.05, 0.1) is 17.5 Å². The highest BCUT2D eigenvalue weighted by Gasteiger charge is 2.32. The average Bonchev–Trinajstić information content (AvgIpc) is 2.84. The van der Waals surface area contributed by atoms with Gasteiger partial charge >= 0.3 is 6.18 Å². The van der Waals surface area contributed by atoms with Gasteiger partial charge in [0.25, 0.3) is 0 Å². The van der Waals surface area contributed by atoms with E-state index in [4.69, 9.17) is 23.2 Å². The van der Waals surface area contributed by atoms with Gasteiger partial charge in [-0.25, -0.2) is 8.42 Å². The highest BCUT2D eigenvalue weighted by molar-refractivity contribution is 7.92. The lowest BCUT2D eigenvalue weighted by Gasteiger charge is -2.30. The number of hydrogen-bond donors (Lipinski definition) is 1. The first-order valence-electron chi connectivity index (χ1n) is 12.3. The second-order valence-electron chi connectivity index (χ2n) is 9.06. The molecule has 0 radical (unpaired) electrons. The summed E-state index contributed by atoms with van der Waals surface area (Å²) in [5.41, 5.74) is -0.587. The van der Waals surface area contributed by atoms with Crippen molar-refractivity contribution in [2.75, 3.05) is 23.7 Å². The van der Waals surface area contributed by atoms with Crippen LogP contribution in [0, 0.1) is 0 Å². The molecule has 2 amide bonds. The molecule has 0 saturated carbocycles. The van der Waals surface area contributed by atoms with Crippen molar-refractivity contribution in [2.24, 2.45) is 0 Å². The third-order valence-corrected chi connectivity index (χ3v) is 7.75. The zero-order chi connectivity index (χ0) is 29.4. The predicted molar refractivity (Wildman–Crippen MR) is 147 cm³/mol. The lowest BCUT2D eigenvalue weighted by Crippen LogP contribution is -2.48. The number of anilines is 1. The van der Waals surface area contributed by atoms with E-state index in [-0.39, 0.29) is 37.5 Å². The lowest BCUT2D eigenvalue weighted by atomic mass is 10.1. The van der Waals surface area contributed by atoms with Gasteiger partial charge in [-0.2, -0.15) is 13.2 Å². The summed E-state index contributed by atoms with van der Waals surface area (Å²) in [7, 11) is -3.95. The molecule has 0 aliphatic carbocycles. The van der Waals surface area contributed by atoms with Crippen LogP contribution in [0.3, 0.4) is 0 Å². The maximum atomic E-state index is 13.3. The summed E-state index contributed by atoms with van der Waals surface area (Å²) in [5.74, 6) is -0.805. The summed E-state index contributed by atoms with van der Waals surface area (Å²) < 4.78 is 65.2. The molecule has 7 nitrogen and oxygen atoms in total. The van der Waals surface area contributed by atoms with Crippen molar-refractivity contribution in [3.63, 3.8) is 0 Å². The normalized spacial score (nSPS) is 12.6. The van der Waals surface area contributed by atoms with Crippen molar-refractivity contribution in [1.29, 1.82) is 0 Å². The van der Waals surface area contributed by atoms with Crippen LogP contribution < -0.4 is 9.62 Å². The average molecular weight is 611 g/mol. The number of carbonyl (C=O) groups is 2. The van der Waals surface area contributed by atoms with Crippen molar-refractivity contribution >= 4 is 50.7 Å². The maximum Gasteiger partial charge on any atom is 0.416 e. The smallest absolute Gasteiger partial charge is 0.354 e. The third-order valence-electron chi connectivity index (χ3n) is 5.97. The number of halogens is 5. The first-order valence-corrected chi connectivity index (χ1v) is 14.9. The van der Waals surface area contributed by atoms with Gasteiger partial charge < -0.3 is 10.2 Å². The van der Waals surface area contributed by atoms with Gasteiger partial charge in [0, 0.05) is 36.1 Å². The van der Waals surface area contributed by atoms with Gasteiger partial charge in [0.2, 0.25) is 21.8 Å². The van der Waals surface area contributed by atoms with E-state index in [1.165, 1.54) is 17.0 Å². The molecule has 0 saturated heterocycles. The molecule has 1 atom stereocenters.